The first-order chi connectivity index (χ1) is 6.52. The van der Waals surface area contributed by atoms with Gasteiger partial charge in [-0.25, -0.2) is 0 Å². The Morgan fingerprint density at radius 1 is 1.50 bits per heavy atom. The number of hydrogen-bond acceptors (Lipinski definition) is 2. The monoisotopic (exact) mass is 201 g/mol. The predicted molar refractivity (Wildman–Crippen MR) is 60.4 cm³/mol. The molecule has 14 heavy (non-hydrogen) atoms. The summed E-state index contributed by atoms with van der Waals surface area (Å²) in [5.74, 6) is 0.526. The molecule has 0 saturated heterocycles. The maximum atomic E-state index is 5.63. The number of methoxy groups -OCH3 is 1. The van der Waals surface area contributed by atoms with Crippen LogP contribution in [-0.4, -0.2) is 32.8 Å². The summed E-state index contributed by atoms with van der Waals surface area (Å²) < 4.78 is 5.04. The van der Waals surface area contributed by atoms with E-state index in [1.165, 1.54) is 0 Å². The van der Waals surface area contributed by atoms with E-state index >= 15 is 0 Å². The first kappa shape index (κ1) is 13.2. The van der Waals surface area contributed by atoms with Gasteiger partial charge in [0.25, 0.3) is 0 Å². The van der Waals surface area contributed by atoms with Crippen LogP contribution in [0.2, 0.25) is 0 Å². The van der Waals surface area contributed by atoms with Crippen LogP contribution in [0.25, 0.3) is 0 Å². The molecule has 4 nitrogen and oxygen atoms in total. The van der Waals surface area contributed by atoms with Crippen LogP contribution in [0.5, 0.6) is 0 Å². The molecule has 0 aromatic heterocycles. The Bertz CT molecular complexity index is 178. The van der Waals surface area contributed by atoms with E-state index in [1.54, 1.807) is 7.11 Å². The van der Waals surface area contributed by atoms with Gasteiger partial charge in [-0.1, -0.05) is 13.8 Å². The SMILES string of the molecule is CCNC(N)=NCC(C)(C)CCOC. The van der Waals surface area contributed by atoms with Crippen LogP contribution in [0.4, 0.5) is 0 Å². The molecule has 3 N–H and O–H groups in total. The summed E-state index contributed by atoms with van der Waals surface area (Å²) in [7, 11) is 1.71. The summed E-state index contributed by atoms with van der Waals surface area (Å²) in [6, 6.07) is 0. The van der Waals surface area contributed by atoms with Crippen molar-refractivity contribution >= 4 is 5.96 Å². The number of nitrogens with zero attached hydrogens (tertiary/aromatic N) is 1. The van der Waals surface area contributed by atoms with Crippen LogP contribution in [0.3, 0.4) is 0 Å². The lowest BCUT2D eigenvalue weighted by Crippen LogP contribution is -2.32. The van der Waals surface area contributed by atoms with Crippen molar-refractivity contribution < 1.29 is 4.74 Å². The lowest BCUT2D eigenvalue weighted by atomic mass is 9.90. The molecule has 0 amide bonds. The average molecular weight is 201 g/mol. The molecular formula is C10H23N3O. The lowest BCUT2D eigenvalue weighted by molar-refractivity contribution is 0.155. The zero-order valence-electron chi connectivity index (χ0n) is 9.76. The van der Waals surface area contributed by atoms with Crippen LogP contribution in [0.15, 0.2) is 4.99 Å². The number of aliphatic imine (C=N–C) groups is 1. The molecule has 0 fully saturated rings. The van der Waals surface area contributed by atoms with Crippen molar-refractivity contribution in [2.24, 2.45) is 16.1 Å². The van der Waals surface area contributed by atoms with Crippen LogP contribution < -0.4 is 11.1 Å². The van der Waals surface area contributed by atoms with Gasteiger partial charge in [-0.2, -0.15) is 0 Å². The van der Waals surface area contributed by atoms with E-state index in [1.807, 2.05) is 6.92 Å². The van der Waals surface area contributed by atoms with Gasteiger partial charge in [-0.15, -0.1) is 0 Å². The van der Waals surface area contributed by atoms with E-state index in [2.05, 4.69) is 24.2 Å². The van der Waals surface area contributed by atoms with Crippen molar-refractivity contribution in [2.75, 3.05) is 26.8 Å². The number of nitrogens with two attached hydrogens (primary N) is 1. The number of nitrogens with one attached hydrogen (secondary N) is 1. The molecule has 0 bridgehead atoms. The molecule has 0 aromatic carbocycles. The Morgan fingerprint density at radius 3 is 2.64 bits per heavy atom. The average Bonchev–Trinajstić information content (AvgIpc) is 2.13. The Morgan fingerprint density at radius 2 is 2.14 bits per heavy atom. The molecule has 0 saturated carbocycles. The second kappa shape index (κ2) is 6.65. The minimum Gasteiger partial charge on any atom is -0.385 e. The Kier molecular flexibility index (Phi) is 6.28. The first-order valence-corrected chi connectivity index (χ1v) is 5.04. The van der Waals surface area contributed by atoms with Crippen LogP contribution in [0, 0.1) is 5.41 Å². The van der Waals surface area contributed by atoms with Gasteiger partial charge in [0, 0.05) is 26.8 Å². The van der Waals surface area contributed by atoms with Crippen molar-refractivity contribution in [3.8, 4) is 0 Å². The molecule has 0 aromatic rings. The maximum absolute atomic E-state index is 5.63. The molecule has 0 spiro atoms. The molecule has 0 rings (SSSR count). The molecule has 0 heterocycles. The largest absolute Gasteiger partial charge is 0.385 e. The number of rotatable bonds is 6. The third-order valence-corrected chi connectivity index (χ3v) is 2.02. The fourth-order valence-electron chi connectivity index (χ4n) is 0.994. The third-order valence-electron chi connectivity index (χ3n) is 2.02. The summed E-state index contributed by atoms with van der Waals surface area (Å²) in [6.07, 6.45) is 0.992. The standard InChI is InChI=1S/C10H23N3O/c1-5-12-9(11)13-8-10(2,3)6-7-14-4/h5-8H2,1-4H3,(H3,11,12,13). The van der Waals surface area contributed by atoms with Crippen molar-refractivity contribution in [3.63, 3.8) is 0 Å². The fourth-order valence-corrected chi connectivity index (χ4v) is 0.994. The summed E-state index contributed by atoms with van der Waals surface area (Å²) in [5.41, 5.74) is 5.78. The van der Waals surface area contributed by atoms with Crippen molar-refractivity contribution in [1.82, 2.24) is 5.32 Å². The van der Waals surface area contributed by atoms with E-state index < -0.39 is 0 Å². The van der Waals surface area contributed by atoms with Gasteiger partial charge < -0.3 is 15.8 Å². The van der Waals surface area contributed by atoms with Crippen molar-refractivity contribution in [2.45, 2.75) is 27.2 Å². The van der Waals surface area contributed by atoms with Crippen LogP contribution in [-0.2, 0) is 4.74 Å². The number of hydrogen-bond donors (Lipinski definition) is 2. The third kappa shape index (κ3) is 6.71. The maximum Gasteiger partial charge on any atom is 0.188 e. The van der Waals surface area contributed by atoms with Crippen molar-refractivity contribution in [1.29, 1.82) is 0 Å². The van der Waals surface area contributed by atoms with E-state index in [-0.39, 0.29) is 5.41 Å². The summed E-state index contributed by atoms with van der Waals surface area (Å²) in [4.78, 5) is 4.27. The Labute approximate surface area is 86.9 Å². The second-order valence-electron chi connectivity index (χ2n) is 4.14. The molecular weight excluding hydrogens is 178 g/mol. The van der Waals surface area contributed by atoms with Crippen LogP contribution in [0.1, 0.15) is 27.2 Å². The van der Waals surface area contributed by atoms with Gasteiger partial charge in [0.1, 0.15) is 0 Å². The fraction of sp³-hybridized carbons (Fsp3) is 0.900. The van der Waals surface area contributed by atoms with Gasteiger partial charge in [-0.3, -0.25) is 4.99 Å². The van der Waals surface area contributed by atoms with Gasteiger partial charge in [0.2, 0.25) is 0 Å². The van der Waals surface area contributed by atoms with E-state index in [0.717, 1.165) is 26.1 Å². The van der Waals surface area contributed by atoms with Gasteiger partial charge >= 0.3 is 0 Å². The van der Waals surface area contributed by atoms with Gasteiger partial charge in [0.15, 0.2) is 5.96 Å². The van der Waals surface area contributed by atoms with Crippen LogP contribution >= 0.6 is 0 Å². The van der Waals surface area contributed by atoms with Gasteiger partial charge in [-0.05, 0) is 18.8 Å². The van der Waals surface area contributed by atoms with Crippen molar-refractivity contribution in [3.05, 3.63) is 0 Å². The van der Waals surface area contributed by atoms with Gasteiger partial charge in [0.05, 0.1) is 0 Å². The Balaban J connectivity index is 3.89. The first-order valence-electron chi connectivity index (χ1n) is 5.04. The molecule has 0 atom stereocenters. The highest BCUT2D eigenvalue weighted by Crippen LogP contribution is 2.20. The quantitative estimate of drug-likeness (QED) is 0.497. The van der Waals surface area contributed by atoms with E-state index in [9.17, 15) is 0 Å². The highest BCUT2D eigenvalue weighted by molar-refractivity contribution is 5.77. The minimum absolute atomic E-state index is 0.149. The summed E-state index contributed by atoms with van der Waals surface area (Å²) >= 11 is 0. The number of guanidine groups is 1. The molecule has 4 heteroatoms. The zero-order chi connectivity index (χ0) is 11.0. The summed E-state index contributed by atoms with van der Waals surface area (Å²) in [5, 5.41) is 2.97. The normalized spacial score (nSPS) is 13.0. The van der Waals surface area contributed by atoms with E-state index in [4.69, 9.17) is 10.5 Å². The topological polar surface area (TPSA) is 59.6 Å². The smallest absolute Gasteiger partial charge is 0.188 e. The molecule has 0 aliphatic carbocycles. The molecule has 0 aliphatic heterocycles. The highest BCUT2D eigenvalue weighted by atomic mass is 16.5. The van der Waals surface area contributed by atoms with E-state index in [0.29, 0.717) is 5.96 Å². The lowest BCUT2D eigenvalue weighted by Gasteiger charge is -2.21. The molecule has 0 unspecified atom stereocenters. The molecule has 0 radical (unpaired) electrons. The minimum atomic E-state index is 0.149. The number of ether oxygens (including phenoxy) is 1. The summed E-state index contributed by atoms with van der Waals surface area (Å²) in [6.45, 7) is 8.63. The highest BCUT2D eigenvalue weighted by Gasteiger charge is 2.16. The predicted octanol–water partition coefficient (Wildman–Crippen LogP) is 0.973. The second-order valence-corrected chi connectivity index (χ2v) is 4.14. The zero-order valence-corrected chi connectivity index (χ0v) is 9.76. The molecule has 0 aliphatic rings. The molecule has 84 valence electrons. The Hall–Kier alpha value is -0.770.